The largest absolute Gasteiger partial charge is 0.483 e. The van der Waals surface area contributed by atoms with Crippen molar-refractivity contribution in [2.75, 3.05) is 26.5 Å². The summed E-state index contributed by atoms with van der Waals surface area (Å²) in [5.41, 5.74) is 4.71. The summed E-state index contributed by atoms with van der Waals surface area (Å²) >= 11 is 0. The molecule has 1 amide bonds. The lowest BCUT2D eigenvalue weighted by Gasteiger charge is -2.32. The topological polar surface area (TPSA) is 48.0 Å². The van der Waals surface area contributed by atoms with Crippen molar-refractivity contribution < 1.29 is 19.0 Å². The quantitative estimate of drug-likeness (QED) is 0.411. The second-order valence-electron chi connectivity index (χ2n) is 9.39. The second-order valence-corrected chi connectivity index (χ2v) is 9.39. The molecule has 2 aliphatic heterocycles. The summed E-state index contributed by atoms with van der Waals surface area (Å²) in [7, 11) is 0. The third-order valence-electron chi connectivity index (χ3n) is 7.16. The van der Waals surface area contributed by atoms with Crippen LogP contribution in [0.5, 0.6) is 17.2 Å². The average molecular weight is 472 g/mol. The molecule has 3 aromatic carbocycles. The van der Waals surface area contributed by atoms with Gasteiger partial charge in [0.25, 0.3) is 5.91 Å². The molecule has 0 spiro atoms. The van der Waals surface area contributed by atoms with Gasteiger partial charge in [0.1, 0.15) is 5.75 Å². The number of hydrogen-bond acceptors (Lipinski definition) is 4. The molecule has 0 aliphatic carbocycles. The Bertz CT molecular complexity index is 1150. The van der Waals surface area contributed by atoms with Crippen LogP contribution >= 0.6 is 0 Å². The molecule has 0 unspecified atom stereocenters. The number of amides is 1. The predicted molar refractivity (Wildman–Crippen MR) is 137 cm³/mol. The molecule has 1 fully saturated rings. The van der Waals surface area contributed by atoms with Crippen molar-refractivity contribution in [1.29, 1.82) is 0 Å². The number of carbonyl (C=O) groups is 1. The van der Waals surface area contributed by atoms with Crippen LogP contribution in [0.25, 0.3) is 11.1 Å². The van der Waals surface area contributed by atoms with E-state index >= 15 is 0 Å². The first-order valence-electron chi connectivity index (χ1n) is 12.7. The van der Waals surface area contributed by atoms with E-state index < -0.39 is 0 Å². The Kier molecular flexibility index (Phi) is 7.22. The Balaban J connectivity index is 1.10. The minimum absolute atomic E-state index is 0.0651. The van der Waals surface area contributed by atoms with Gasteiger partial charge in [-0.15, -0.1) is 0 Å². The number of aryl methyl sites for hydroxylation is 2. The van der Waals surface area contributed by atoms with Crippen LogP contribution in [0.2, 0.25) is 0 Å². The van der Waals surface area contributed by atoms with Gasteiger partial charge in [-0.05, 0) is 72.9 Å². The molecule has 2 aliphatic rings. The standard InChI is InChI=1S/C30H33NO4/c1-2-22-9-12-25(13-10-22)26-5-3-4-6-27(26)33-20-30(32)31-17-15-23(16-18-31)7-8-24-11-14-28-29(19-24)35-21-34-28/h3-6,9-14,19,23H,2,7-8,15-18,20-21H2,1H3. The summed E-state index contributed by atoms with van der Waals surface area (Å²) in [5.74, 6) is 3.14. The van der Waals surface area contributed by atoms with E-state index in [1.165, 1.54) is 11.1 Å². The van der Waals surface area contributed by atoms with Crippen LogP contribution in [0.15, 0.2) is 66.7 Å². The van der Waals surface area contributed by atoms with Crippen LogP contribution in [0.4, 0.5) is 0 Å². The molecule has 0 saturated carbocycles. The van der Waals surface area contributed by atoms with Crippen molar-refractivity contribution in [3.05, 3.63) is 77.9 Å². The van der Waals surface area contributed by atoms with Gasteiger partial charge in [0.2, 0.25) is 6.79 Å². The minimum atomic E-state index is 0.0651. The maximum absolute atomic E-state index is 12.9. The second kappa shape index (κ2) is 10.9. The fourth-order valence-corrected chi connectivity index (χ4v) is 4.92. The molecule has 5 nitrogen and oxygen atoms in total. The molecule has 35 heavy (non-hydrogen) atoms. The third-order valence-corrected chi connectivity index (χ3v) is 7.16. The lowest BCUT2D eigenvalue weighted by Crippen LogP contribution is -2.41. The highest BCUT2D eigenvalue weighted by Gasteiger charge is 2.23. The monoisotopic (exact) mass is 471 g/mol. The Morgan fingerprint density at radius 1 is 0.943 bits per heavy atom. The normalized spacial score (nSPS) is 15.3. The highest BCUT2D eigenvalue weighted by atomic mass is 16.7. The number of rotatable bonds is 8. The van der Waals surface area contributed by atoms with Crippen molar-refractivity contribution in [3.63, 3.8) is 0 Å². The Morgan fingerprint density at radius 2 is 1.69 bits per heavy atom. The Labute approximate surface area is 207 Å². The molecule has 182 valence electrons. The Hall–Kier alpha value is -3.47. The fraction of sp³-hybridized carbons (Fsp3) is 0.367. The number of piperidine rings is 1. The number of fused-ring (bicyclic) bond motifs is 1. The zero-order valence-electron chi connectivity index (χ0n) is 20.4. The lowest BCUT2D eigenvalue weighted by atomic mass is 9.90. The summed E-state index contributed by atoms with van der Waals surface area (Å²) in [6, 6.07) is 22.7. The number of para-hydroxylation sites is 1. The molecular weight excluding hydrogens is 438 g/mol. The highest BCUT2D eigenvalue weighted by molar-refractivity contribution is 5.78. The van der Waals surface area contributed by atoms with Gasteiger partial charge in [-0.25, -0.2) is 0 Å². The predicted octanol–water partition coefficient (Wildman–Crippen LogP) is 5.89. The number of nitrogens with zero attached hydrogens (tertiary/aromatic N) is 1. The van der Waals surface area contributed by atoms with Crippen LogP contribution in [-0.2, 0) is 17.6 Å². The van der Waals surface area contributed by atoms with Crippen molar-refractivity contribution in [3.8, 4) is 28.4 Å². The number of ether oxygens (including phenoxy) is 3. The summed E-state index contributed by atoms with van der Waals surface area (Å²) in [6.45, 7) is 4.14. The number of carbonyl (C=O) groups excluding carboxylic acids is 1. The third kappa shape index (κ3) is 5.61. The number of hydrogen-bond donors (Lipinski definition) is 0. The first kappa shape index (κ1) is 23.3. The molecule has 5 rings (SSSR count). The zero-order chi connectivity index (χ0) is 24.0. The smallest absolute Gasteiger partial charge is 0.260 e. The Morgan fingerprint density at radius 3 is 2.49 bits per heavy atom. The minimum Gasteiger partial charge on any atom is -0.483 e. The summed E-state index contributed by atoms with van der Waals surface area (Å²) in [4.78, 5) is 14.8. The highest BCUT2D eigenvalue weighted by Crippen LogP contribution is 2.34. The SMILES string of the molecule is CCc1ccc(-c2ccccc2OCC(=O)N2CCC(CCc3ccc4c(c3)OCO4)CC2)cc1. The van der Waals surface area contributed by atoms with E-state index in [0.717, 1.165) is 73.6 Å². The molecule has 2 heterocycles. The van der Waals surface area contributed by atoms with Gasteiger partial charge in [0.15, 0.2) is 18.1 Å². The van der Waals surface area contributed by atoms with E-state index in [1.807, 2.05) is 35.2 Å². The molecule has 0 aromatic heterocycles. The van der Waals surface area contributed by atoms with Crippen molar-refractivity contribution in [2.24, 2.45) is 5.92 Å². The van der Waals surface area contributed by atoms with Gasteiger partial charge < -0.3 is 19.1 Å². The molecule has 0 bridgehead atoms. The number of likely N-dealkylation sites (tertiary alicyclic amines) is 1. The van der Waals surface area contributed by atoms with E-state index in [2.05, 4.69) is 43.3 Å². The molecule has 3 aromatic rings. The van der Waals surface area contributed by atoms with Gasteiger partial charge in [0, 0.05) is 18.7 Å². The van der Waals surface area contributed by atoms with E-state index in [1.54, 1.807) is 0 Å². The average Bonchev–Trinajstić information content (AvgIpc) is 3.39. The van der Waals surface area contributed by atoms with Crippen LogP contribution in [0, 0.1) is 5.92 Å². The molecule has 1 saturated heterocycles. The molecule has 0 N–H and O–H groups in total. The molecule has 0 radical (unpaired) electrons. The number of benzene rings is 3. The maximum Gasteiger partial charge on any atom is 0.260 e. The van der Waals surface area contributed by atoms with E-state index in [4.69, 9.17) is 14.2 Å². The van der Waals surface area contributed by atoms with Gasteiger partial charge in [-0.1, -0.05) is 55.5 Å². The van der Waals surface area contributed by atoms with Gasteiger partial charge >= 0.3 is 0 Å². The first-order chi connectivity index (χ1) is 17.2. The summed E-state index contributed by atoms with van der Waals surface area (Å²) in [6.07, 6.45) is 5.24. The summed E-state index contributed by atoms with van der Waals surface area (Å²) in [5, 5.41) is 0. The van der Waals surface area contributed by atoms with Gasteiger partial charge in [-0.3, -0.25) is 4.79 Å². The molecule has 0 atom stereocenters. The first-order valence-corrected chi connectivity index (χ1v) is 12.7. The van der Waals surface area contributed by atoms with E-state index in [9.17, 15) is 4.79 Å². The molecule has 5 heteroatoms. The van der Waals surface area contributed by atoms with Gasteiger partial charge in [-0.2, -0.15) is 0 Å². The van der Waals surface area contributed by atoms with Gasteiger partial charge in [0.05, 0.1) is 0 Å². The van der Waals surface area contributed by atoms with E-state index in [-0.39, 0.29) is 12.5 Å². The fourth-order valence-electron chi connectivity index (χ4n) is 4.92. The molecular formula is C30H33NO4. The van der Waals surface area contributed by atoms with Crippen LogP contribution in [-0.4, -0.2) is 37.3 Å². The van der Waals surface area contributed by atoms with Crippen molar-refractivity contribution >= 4 is 5.91 Å². The zero-order valence-corrected chi connectivity index (χ0v) is 20.4. The van der Waals surface area contributed by atoms with Crippen LogP contribution in [0.1, 0.15) is 37.3 Å². The lowest BCUT2D eigenvalue weighted by molar-refractivity contribution is -0.134. The van der Waals surface area contributed by atoms with Crippen LogP contribution in [0.3, 0.4) is 0 Å². The maximum atomic E-state index is 12.9. The summed E-state index contributed by atoms with van der Waals surface area (Å²) < 4.78 is 16.9. The van der Waals surface area contributed by atoms with Crippen LogP contribution < -0.4 is 14.2 Å². The van der Waals surface area contributed by atoms with Crippen molar-refractivity contribution in [1.82, 2.24) is 4.90 Å². The van der Waals surface area contributed by atoms with Crippen molar-refractivity contribution in [2.45, 2.75) is 39.0 Å². The van der Waals surface area contributed by atoms with E-state index in [0.29, 0.717) is 12.7 Å².